The van der Waals surface area contributed by atoms with E-state index < -0.39 is 0 Å². The Morgan fingerprint density at radius 2 is 1.83 bits per heavy atom. The van der Waals surface area contributed by atoms with Crippen molar-refractivity contribution in [1.29, 1.82) is 0 Å². The fourth-order valence-electron chi connectivity index (χ4n) is 3.03. The second-order valence-electron chi connectivity index (χ2n) is 6.41. The molecule has 0 aliphatic carbocycles. The highest BCUT2D eigenvalue weighted by molar-refractivity contribution is 7.15. The summed E-state index contributed by atoms with van der Waals surface area (Å²) in [4.78, 5) is 17.6. The van der Waals surface area contributed by atoms with Gasteiger partial charge in [-0.05, 0) is 34.0 Å². The third-order valence-electron chi connectivity index (χ3n) is 4.42. The molecular weight excluding hydrogens is 423 g/mol. The number of thiazole rings is 1. The molecule has 3 nitrogen and oxygen atoms in total. The average Bonchev–Trinajstić information content (AvgIpc) is 3.16. The molecule has 0 spiro atoms. The summed E-state index contributed by atoms with van der Waals surface area (Å²) in [5.41, 5.74) is 1.92. The number of fused-ring (bicyclic) bond motifs is 1. The van der Waals surface area contributed by atoms with Crippen LogP contribution in [0.4, 0.5) is 5.13 Å². The number of halogens is 2. The van der Waals surface area contributed by atoms with Crippen LogP contribution >= 0.6 is 34.5 Å². The first-order valence-electron chi connectivity index (χ1n) is 8.94. The quantitative estimate of drug-likeness (QED) is 0.346. The second-order valence-corrected chi connectivity index (χ2v) is 8.31. The van der Waals surface area contributed by atoms with Crippen LogP contribution in [0.25, 0.3) is 16.8 Å². The van der Waals surface area contributed by atoms with Gasteiger partial charge in [0.25, 0.3) is 0 Å². The van der Waals surface area contributed by atoms with Crippen molar-refractivity contribution in [3.63, 3.8) is 0 Å². The van der Waals surface area contributed by atoms with Gasteiger partial charge in [-0.15, -0.1) is 11.3 Å². The van der Waals surface area contributed by atoms with E-state index in [2.05, 4.69) is 22.4 Å². The molecule has 0 bridgehead atoms. The monoisotopic (exact) mass is 438 g/mol. The van der Waals surface area contributed by atoms with Gasteiger partial charge in [0.1, 0.15) is 0 Å². The van der Waals surface area contributed by atoms with Crippen LogP contribution in [0.2, 0.25) is 10.0 Å². The summed E-state index contributed by atoms with van der Waals surface area (Å²) in [6, 6.07) is 19.7. The number of nitrogens with zero attached hydrogens (tertiary/aromatic N) is 1. The third kappa shape index (κ3) is 4.67. The molecule has 0 radical (unpaired) electrons. The molecular formula is C23H16Cl2N2OS. The molecule has 29 heavy (non-hydrogen) atoms. The molecule has 6 heteroatoms. The first-order valence-corrected chi connectivity index (χ1v) is 10.5. The highest BCUT2D eigenvalue weighted by Crippen LogP contribution is 2.29. The van der Waals surface area contributed by atoms with Gasteiger partial charge in [0, 0.05) is 23.6 Å². The molecule has 0 aliphatic rings. The smallest absolute Gasteiger partial charge is 0.250 e. The first kappa shape index (κ1) is 19.6. The molecule has 144 valence electrons. The van der Waals surface area contributed by atoms with Crippen LogP contribution in [0.5, 0.6) is 0 Å². The number of anilines is 1. The average molecular weight is 439 g/mol. The molecule has 0 unspecified atom stereocenters. The van der Waals surface area contributed by atoms with Gasteiger partial charge in [-0.2, -0.15) is 0 Å². The summed E-state index contributed by atoms with van der Waals surface area (Å²) in [6.45, 7) is 0. The minimum absolute atomic E-state index is 0.223. The second kappa shape index (κ2) is 8.78. The van der Waals surface area contributed by atoms with E-state index in [1.54, 1.807) is 12.3 Å². The Hall–Kier alpha value is -2.66. The van der Waals surface area contributed by atoms with Crippen molar-refractivity contribution in [1.82, 2.24) is 4.98 Å². The number of hydrogen-bond acceptors (Lipinski definition) is 3. The summed E-state index contributed by atoms with van der Waals surface area (Å²) < 4.78 is 0. The minimum atomic E-state index is -0.223. The van der Waals surface area contributed by atoms with Crippen LogP contribution in [0.1, 0.15) is 16.0 Å². The Labute approximate surface area is 182 Å². The van der Waals surface area contributed by atoms with Gasteiger partial charge in [0.2, 0.25) is 5.91 Å². The molecule has 1 heterocycles. The predicted molar refractivity (Wildman–Crippen MR) is 123 cm³/mol. The zero-order valence-corrected chi connectivity index (χ0v) is 17.6. The van der Waals surface area contributed by atoms with E-state index >= 15 is 0 Å². The highest BCUT2D eigenvalue weighted by atomic mass is 35.5. The lowest BCUT2D eigenvalue weighted by atomic mass is 10.0. The van der Waals surface area contributed by atoms with Gasteiger partial charge in [0.05, 0.1) is 10.0 Å². The predicted octanol–water partition coefficient (Wildman–Crippen LogP) is 6.85. The summed E-state index contributed by atoms with van der Waals surface area (Å²) in [5, 5.41) is 6.68. The topological polar surface area (TPSA) is 42.0 Å². The van der Waals surface area contributed by atoms with Gasteiger partial charge in [0.15, 0.2) is 5.13 Å². The van der Waals surface area contributed by atoms with Crippen LogP contribution in [-0.4, -0.2) is 10.9 Å². The summed E-state index contributed by atoms with van der Waals surface area (Å²) in [7, 11) is 0. The largest absolute Gasteiger partial charge is 0.298 e. The summed E-state index contributed by atoms with van der Waals surface area (Å²) >= 11 is 13.7. The third-order valence-corrected chi connectivity index (χ3v) is 6.19. The molecule has 4 aromatic rings. The molecule has 0 atom stereocenters. The highest BCUT2D eigenvalue weighted by Gasteiger charge is 2.09. The summed E-state index contributed by atoms with van der Waals surface area (Å²) in [6.07, 6.45) is 5.69. The lowest BCUT2D eigenvalue weighted by Crippen LogP contribution is -2.07. The molecule has 0 fully saturated rings. The van der Waals surface area contributed by atoms with Crippen LogP contribution < -0.4 is 5.32 Å². The van der Waals surface area contributed by atoms with Crippen molar-refractivity contribution in [2.75, 3.05) is 5.32 Å². The molecule has 0 aliphatic heterocycles. The number of hydrogen-bond donors (Lipinski definition) is 1. The maximum Gasteiger partial charge on any atom is 0.250 e. The normalized spacial score (nSPS) is 11.2. The Kier molecular flexibility index (Phi) is 5.95. The standard InChI is InChI=1S/C23H16Cl2N2OS/c24-20-10-4-8-17(22(20)25)13-18-14-26-23(29-18)27-21(28)12-11-16-7-3-6-15-5-1-2-9-19(15)16/h1-12,14H,13H2,(H,26,27,28). The Balaban J connectivity index is 1.44. The van der Waals surface area contributed by atoms with Crippen LogP contribution in [0, 0.1) is 0 Å². The maximum absolute atomic E-state index is 12.3. The Morgan fingerprint density at radius 1 is 1.03 bits per heavy atom. The van der Waals surface area contributed by atoms with Crippen molar-refractivity contribution in [2.45, 2.75) is 6.42 Å². The number of rotatable bonds is 5. The molecule has 1 aromatic heterocycles. The number of amides is 1. The zero-order chi connectivity index (χ0) is 20.2. The van der Waals surface area contributed by atoms with Crippen molar-refractivity contribution in [3.8, 4) is 0 Å². The lowest BCUT2D eigenvalue weighted by molar-refractivity contribution is -0.111. The lowest BCUT2D eigenvalue weighted by Gasteiger charge is -2.03. The van der Waals surface area contributed by atoms with Crippen LogP contribution in [0.15, 0.2) is 72.9 Å². The number of nitrogens with one attached hydrogen (secondary N) is 1. The van der Waals surface area contributed by atoms with Crippen LogP contribution in [-0.2, 0) is 11.2 Å². The van der Waals surface area contributed by atoms with E-state index in [9.17, 15) is 4.79 Å². The van der Waals surface area contributed by atoms with Crippen molar-refractivity contribution in [2.24, 2.45) is 0 Å². The van der Waals surface area contributed by atoms with Gasteiger partial charge < -0.3 is 0 Å². The molecule has 3 aromatic carbocycles. The van der Waals surface area contributed by atoms with Crippen LogP contribution in [0.3, 0.4) is 0 Å². The first-order chi connectivity index (χ1) is 14.1. The number of carbonyl (C=O) groups is 1. The van der Waals surface area contributed by atoms with Gasteiger partial charge in [-0.1, -0.05) is 77.8 Å². The molecule has 1 amide bonds. The van der Waals surface area contributed by atoms with E-state index in [-0.39, 0.29) is 5.91 Å². The Morgan fingerprint density at radius 3 is 2.72 bits per heavy atom. The van der Waals surface area contributed by atoms with E-state index in [0.29, 0.717) is 21.6 Å². The number of aromatic nitrogens is 1. The van der Waals surface area contributed by atoms with E-state index in [1.165, 1.54) is 17.4 Å². The number of carbonyl (C=O) groups excluding carboxylic acids is 1. The zero-order valence-electron chi connectivity index (χ0n) is 15.2. The maximum atomic E-state index is 12.3. The fraction of sp³-hybridized carbons (Fsp3) is 0.0435. The minimum Gasteiger partial charge on any atom is -0.298 e. The van der Waals surface area contributed by atoms with Gasteiger partial charge in [-0.25, -0.2) is 4.98 Å². The van der Waals surface area contributed by atoms with E-state index in [4.69, 9.17) is 23.2 Å². The molecule has 0 saturated heterocycles. The van der Waals surface area contributed by atoms with Crippen molar-refractivity contribution >= 4 is 62.4 Å². The van der Waals surface area contributed by atoms with E-state index in [0.717, 1.165) is 26.8 Å². The molecule has 0 saturated carbocycles. The van der Waals surface area contributed by atoms with Gasteiger partial charge >= 0.3 is 0 Å². The number of benzene rings is 3. The van der Waals surface area contributed by atoms with E-state index in [1.807, 2.05) is 48.5 Å². The SMILES string of the molecule is O=C(C=Cc1cccc2ccccc12)Nc1ncc(Cc2cccc(Cl)c2Cl)s1. The fourth-order valence-corrected chi connectivity index (χ4v) is 4.25. The summed E-state index contributed by atoms with van der Waals surface area (Å²) in [5.74, 6) is -0.223. The van der Waals surface area contributed by atoms with Crippen molar-refractivity contribution in [3.05, 3.63) is 99.0 Å². The molecule has 4 rings (SSSR count). The van der Waals surface area contributed by atoms with Crippen molar-refractivity contribution < 1.29 is 4.79 Å². The molecule has 1 N–H and O–H groups in total. The van der Waals surface area contributed by atoms with Gasteiger partial charge in [-0.3, -0.25) is 10.1 Å². The Bertz CT molecular complexity index is 1210.